The summed E-state index contributed by atoms with van der Waals surface area (Å²) in [5.74, 6) is -0.240. The minimum absolute atomic E-state index is 0.0829. The van der Waals surface area contributed by atoms with E-state index < -0.39 is 0 Å². The van der Waals surface area contributed by atoms with E-state index in [9.17, 15) is 4.79 Å². The van der Waals surface area contributed by atoms with E-state index in [1.54, 1.807) is 0 Å². The minimum atomic E-state index is -0.368. The molecule has 0 aliphatic rings. The van der Waals surface area contributed by atoms with Gasteiger partial charge in [-0.3, -0.25) is 0 Å². The lowest BCUT2D eigenvalue weighted by atomic mass is 10.1. The fourth-order valence-electron chi connectivity index (χ4n) is 0.799. The van der Waals surface area contributed by atoms with Crippen LogP contribution in [0.15, 0.2) is 12.7 Å². The van der Waals surface area contributed by atoms with E-state index >= 15 is 0 Å². The Labute approximate surface area is 94.1 Å². The average Bonchev–Trinajstić information content (AvgIpc) is 2.12. The number of carbonyl (C=O) groups is 1. The van der Waals surface area contributed by atoms with Gasteiger partial charge in [0.2, 0.25) is 0 Å². The predicted octanol–water partition coefficient (Wildman–Crippen LogP) is 2.14. The second kappa shape index (κ2) is 9.71. The van der Waals surface area contributed by atoms with Crippen molar-refractivity contribution < 1.29 is 9.53 Å². The van der Waals surface area contributed by atoms with Gasteiger partial charge in [0.15, 0.2) is 0 Å². The summed E-state index contributed by atoms with van der Waals surface area (Å²) in [5.41, 5.74) is 0. The maximum Gasteiger partial charge on any atom is 0.330 e. The van der Waals surface area contributed by atoms with Crippen LogP contribution in [0.25, 0.3) is 0 Å². The highest BCUT2D eigenvalue weighted by Gasteiger charge is 2.13. The Kier molecular flexibility index (Phi) is 10.7. The van der Waals surface area contributed by atoms with Gasteiger partial charge in [-0.05, 0) is 40.4 Å². The van der Waals surface area contributed by atoms with E-state index in [4.69, 9.17) is 4.74 Å². The van der Waals surface area contributed by atoms with Crippen LogP contribution >= 0.6 is 0 Å². The number of hydrogen-bond donors (Lipinski definition) is 0. The highest BCUT2D eigenvalue weighted by molar-refractivity contribution is 5.81. The molecule has 2 unspecified atom stereocenters. The molecule has 0 aliphatic heterocycles. The van der Waals surface area contributed by atoms with Crippen LogP contribution in [-0.2, 0) is 9.53 Å². The Bertz CT molecular complexity index is 174. The quantitative estimate of drug-likeness (QED) is 0.530. The van der Waals surface area contributed by atoms with Crippen molar-refractivity contribution in [2.24, 2.45) is 5.92 Å². The third-order valence-corrected chi connectivity index (χ3v) is 1.47. The van der Waals surface area contributed by atoms with Crippen molar-refractivity contribution in [2.45, 2.75) is 26.4 Å². The van der Waals surface area contributed by atoms with Gasteiger partial charge in [0.25, 0.3) is 0 Å². The maximum absolute atomic E-state index is 10.7. The third-order valence-electron chi connectivity index (χ3n) is 1.47. The predicted molar refractivity (Wildman–Crippen MR) is 64.5 cm³/mol. The Hall–Kier alpha value is -0.830. The molecule has 0 amide bonds. The molecule has 0 N–H and O–H groups in total. The first-order valence-corrected chi connectivity index (χ1v) is 5.12. The van der Waals surface area contributed by atoms with Gasteiger partial charge in [0.05, 0.1) is 0 Å². The van der Waals surface area contributed by atoms with Crippen molar-refractivity contribution in [1.29, 1.82) is 0 Å². The van der Waals surface area contributed by atoms with Gasteiger partial charge in [0, 0.05) is 6.08 Å². The molecule has 3 heteroatoms. The number of ether oxygens (including phenoxy) is 1. The van der Waals surface area contributed by atoms with Crippen LogP contribution in [0.4, 0.5) is 0 Å². The Balaban J connectivity index is 0. The van der Waals surface area contributed by atoms with Gasteiger partial charge in [-0.2, -0.15) is 0 Å². The first kappa shape index (κ1) is 16.6. The lowest BCUT2D eigenvalue weighted by molar-refractivity contribution is -0.144. The van der Waals surface area contributed by atoms with Gasteiger partial charge in [0.1, 0.15) is 6.10 Å². The van der Waals surface area contributed by atoms with Crippen molar-refractivity contribution in [2.75, 3.05) is 21.1 Å². The van der Waals surface area contributed by atoms with Crippen molar-refractivity contribution >= 4 is 5.97 Å². The van der Waals surface area contributed by atoms with E-state index in [-0.39, 0.29) is 18.0 Å². The van der Waals surface area contributed by atoms with Crippen LogP contribution in [0.2, 0.25) is 0 Å². The molecular weight excluding hydrogens is 190 g/mol. The molecule has 0 saturated carbocycles. The lowest BCUT2D eigenvalue weighted by Crippen LogP contribution is -2.21. The fraction of sp³-hybridized carbons (Fsp3) is 0.667. The molecule has 0 saturated heterocycles. The molecule has 0 aromatic rings. The van der Waals surface area contributed by atoms with Crippen molar-refractivity contribution in [1.82, 2.24) is 4.90 Å². The molecule has 0 rings (SSSR count). The lowest BCUT2D eigenvalue weighted by Gasteiger charge is -2.18. The topological polar surface area (TPSA) is 29.5 Å². The van der Waals surface area contributed by atoms with E-state index in [0.717, 1.165) is 6.42 Å². The Morgan fingerprint density at radius 2 is 1.87 bits per heavy atom. The standard InChI is InChI=1S/C9H15O2.C3H9N/c1-5-8(7(3)4)11-9(10)6-2;1-4(2)3/h6-8H,2-3,5H2,1,4H3;1-3H3. The number of esters is 1. The minimum Gasteiger partial charge on any atom is -0.459 e. The normalized spacial score (nSPS) is 11.7. The summed E-state index contributed by atoms with van der Waals surface area (Å²) < 4.78 is 4.99. The summed E-state index contributed by atoms with van der Waals surface area (Å²) in [6.45, 7) is 11.0. The first-order chi connectivity index (χ1) is 6.84. The largest absolute Gasteiger partial charge is 0.459 e. The number of carbonyl (C=O) groups excluding carboxylic acids is 1. The molecule has 0 bridgehead atoms. The zero-order valence-corrected chi connectivity index (χ0v) is 10.6. The highest BCUT2D eigenvalue weighted by Crippen LogP contribution is 2.09. The summed E-state index contributed by atoms with van der Waals surface area (Å²) in [5, 5.41) is 0. The van der Waals surface area contributed by atoms with Gasteiger partial charge in [-0.1, -0.05) is 20.4 Å². The fourth-order valence-corrected chi connectivity index (χ4v) is 0.799. The third kappa shape index (κ3) is 13.2. The smallest absolute Gasteiger partial charge is 0.330 e. The molecule has 3 nitrogen and oxygen atoms in total. The van der Waals surface area contributed by atoms with E-state index in [2.05, 4.69) is 13.5 Å². The van der Waals surface area contributed by atoms with Crippen LogP contribution in [0.1, 0.15) is 20.3 Å². The molecular formula is C12H24NO2. The molecule has 2 atom stereocenters. The highest BCUT2D eigenvalue weighted by atomic mass is 16.5. The van der Waals surface area contributed by atoms with Gasteiger partial charge >= 0.3 is 5.97 Å². The molecule has 0 spiro atoms. The van der Waals surface area contributed by atoms with Crippen molar-refractivity contribution in [3.05, 3.63) is 19.6 Å². The van der Waals surface area contributed by atoms with Gasteiger partial charge in [-0.25, -0.2) is 4.79 Å². The number of rotatable bonds is 4. The zero-order valence-electron chi connectivity index (χ0n) is 10.6. The molecule has 0 aromatic heterocycles. The average molecular weight is 214 g/mol. The van der Waals surface area contributed by atoms with Gasteiger partial charge < -0.3 is 9.64 Å². The van der Waals surface area contributed by atoms with Crippen LogP contribution in [0.5, 0.6) is 0 Å². The first-order valence-electron chi connectivity index (χ1n) is 5.12. The summed E-state index contributed by atoms with van der Waals surface area (Å²) >= 11 is 0. The Morgan fingerprint density at radius 3 is 2.07 bits per heavy atom. The summed E-state index contributed by atoms with van der Waals surface area (Å²) in [6, 6.07) is 0. The molecule has 89 valence electrons. The van der Waals surface area contributed by atoms with Crippen LogP contribution in [0.3, 0.4) is 0 Å². The monoisotopic (exact) mass is 214 g/mol. The molecule has 0 heterocycles. The van der Waals surface area contributed by atoms with E-state index in [1.807, 2.05) is 39.9 Å². The second-order valence-corrected chi connectivity index (χ2v) is 3.91. The van der Waals surface area contributed by atoms with Crippen molar-refractivity contribution in [3.8, 4) is 0 Å². The van der Waals surface area contributed by atoms with Crippen LogP contribution in [-0.4, -0.2) is 38.1 Å². The van der Waals surface area contributed by atoms with E-state index in [1.165, 1.54) is 6.08 Å². The molecule has 15 heavy (non-hydrogen) atoms. The number of nitrogens with zero attached hydrogens (tertiary/aromatic N) is 1. The summed E-state index contributed by atoms with van der Waals surface area (Å²) in [7, 11) is 6.00. The maximum atomic E-state index is 10.7. The van der Waals surface area contributed by atoms with Gasteiger partial charge in [-0.15, -0.1) is 0 Å². The second-order valence-electron chi connectivity index (χ2n) is 3.91. The Morgan fingerprint density at radius 1 is 1.47 bits per heavy atom. The van der Waals surface area contributed by atoms with Crippen LogP contribution in [0, 0.1) is 12.8 Å². The van der Waals surface area contributed by atoms with Crippen molar-refractivity contribution in [3.63, 3.8) is 0 Å². The summed E-state index contributed by atoms with van der Waals surface area (Å²) in [6.07, 6.45) is 1.88. The van der Waals surface area contributed by atoms with Crippen LogP contribution < -0.4 is 0 Å². The SMILES string of the molecule is CN(C)C.[CH2]C(C)C(CC)OC(=O)C=C. The molecule has 0 aromatic carbocycles. The molecule has 0 aliphatic carbocycles. The molecule has 0 fully saturated rings. The summed E-state index contributed by atoms with van der Waals surface area (Å²) in [4.78, 5) is 12.7. The van der Waals surface area contributed by atoms with E-state index in [0.29, 0.717) is 0 Å². The molecule has 1 radical (unpaired) electrons. The number of hydrogen-bond acceptors (Lipinski definition) is 3. The zero-order chi connectivity index (χ0) is 12.4.